The molecule has 1 amide bonds. The normalized spacial score (nSPS) is 15.8. The summed E-state index contributed by atoms with van der Waals surface area (Å²) >= 11 is 6.05. The maximum absolute atomic E-state index is 12.9. The Balaban J connectivity index is 0.000000346. The first-order valence-electron chi connectivity index (χ1n) is 13.1. The summed E-state index contributed by atoms with van der Waals surface area (Å²) in [4.78, 5) is 21.4. The van der Waals surface area contributed by atoms with Gasteiger partial charge in [0.15, 0.2) is 0 Å². The number of unbranched alkanes of at least 4 members (excludes halogenated alkanes) is 1. The minimum absolute atomic E-state index is 0.0118. The number of nitrogens with one attached hydrogen (secondary N) is 1. The van der Waals surface area contributed by atoms with Crippen LogP contribution in [0.5, 0.6) is 0 Å². The van der Waals surface area contributed by atoms with Crippen LogP contribution in [0.25, 0.3) is 0 Å². The number of aliphatic imine (C=N–C) groups is 1. The largest absolute Gasteiger partial charge is 0.333 e. The van der Waals surface area contributed by atoms with Gasteiger partial charge in [0.1, 0.15) is 5.84 Å². The number of benzene rings is 2. The molecular weight excluding hydrogens is 468 g/mol. The van der Waals surface area contributed by atoms with Gasteiger partial charge < -0.3 is 15.1 Å². The highest BCUT2D eigenvalue weighted by Gasteiger charge is 2.20. The second-order valence-corrected chi connectivity index (χ2v) is 9.48. The lowest BCUT2D eigenvalue weighted by Crippen LogP contribution is -2.36. The number of nitrogens with zero attached hydrogens (tertiary/aromatic N) is 3. The van der Waals surface area contributed by atoms with Crippen molar-refractivity contribution in [2.75, 3.05) is 27.2 Å². The Morgan fingerprint density at radius 1 is 1.17 bits per heavy atom. The number of likely N-dealkylation sites (tertiary alicyclic amines) is 1. The molecule has 0 radical (unpaired) electrons. The van der Waals surface area contributed by atoms with E-state index in [1.54, 1.807) is 12.1 Å². The van der Waals surface area contributed by atoms with E-state index in [4.69, 9.17) is 11.6 Å². The predicted molar refractivity (Wildman–Crippen MR) is 154 cm³/mol. The molecule has 196 valence electrons. The fourth-order valence-corrected chi connectivity index (χ4v) is 4.55. The van der Waals surface area contributed by atoms with E-state index >= 15 is 0 Å². The number of allylic oxidation sites excluding steroid dienone is 1. The number of amides is 1. The van der Waals surface area contributed by atoms with E-state index in [9.17, 15) is 4.79 Å². The summed E-state index contributed by atoms with van der Waals surface area (Å²) in [6.45, 7) is 8.04. The van der Waals surface area contributed by atoms with Crippen molar-refractivity contribution >= 4 is 23.3 Å². The molecule has 6 heteroatoms. The van der Waals surface area contributed by atoms with E-state index in [0.29, 0.717) is 23.2 Å². The van der Waals surface area contributed by atoms with Crippen LogP contribution in [0.3, 0.4) is 0 Å². The number of amidine groups is 1. The van der Waals surface area contributed by atoms with Crippen LogP contribution in [0.4, 0.5) is 0 Å². The van der Waals surface area contributed by atoms with Crippen LogP contribution in [-0.4, -0.2) is 48.7 Å². The highest BCUT2D eigenvalue weighted by Crippen LogP contribution is 2.19. The zero-order valence-electron chi connectivity index (χ0n) is 22.6. The third kappa shape index (κ3) is 9.11. The van der Waals surface area contributed by atoms with E-state index in [1.165, 1.54) is 12.0 Å². The Morgan fingerprint density at radius 3 is 2.53 bits per heavy atom. The second-order valence-electron chi connectivity index (χ2n) is 9.04. The van der Waals surface area contributed by atoms with E-state index in [-0.39, 0.29) is 5.91 Å². The van der Waals surface area contributed by atoms with Crippen LogP contribution >= 0.6 is 11.6 Å². The Kier molecular flexibility index (Phi) is 13.3. The number of rotatable bonds is 9. The number of piperidine rings is 1. The lowest BCUT2D eigenvalue weighted by atomic mass is 10.1. The van der Waals surface area contributed by atoms with Gasteiger partial charge in [0.05, 0.1) is 0 Å². The van der Waals surface area contributed by atoms with Gasteiger partial charge in [-0.1, -0.05) is 68.3 Å². The summed E-state index contributed by atoms with van der Waals surface area (Å²) in [5.41, 5.74) is 3.06. The fourth-order valence-electron chi connectivity index (χ4n) is 4.36. The van der Waals surface area contributed by atoms with Crippen molar-refractivity contribution in [1.82, 2.24) is 15.1 Å². The first kappa shape index (κ1) is 29.6. The van der Waals surface area contributed by atoms with Crippen LogP contribution in [0.1, 0.15) is 81.3 Å². The van der Waals surface area contributed by atoms with E-state index < -0.39 is 0 Å². The van der Waals surface area contributed by atoms with Crippen molar-refractivity contribution in [3.63, 3.8) is 0 Å². The number of hydrogen-bond donors (Lipinski definition) is 1. The van der Waals surface area contributed by atoms with Gasteiger partial charge in [-0.3, -0.25) is 9.79 Å². The van der Waals surface area contributed by atoms with Gasteiger partial charge >= 0.3 is 0 Å². The summed E-state index contributed by atoms with van der Waals surface area (Å²) < 4.78 is 0. The first-order valence-corrected chi connectivity index (χ1v) is 13.5. The van der Waals surface area contributed by atoms with Gasteiger partial charge in [-0.15, -0.1) is 0 Å². The summed E-state index contributed by atoms with van der Waals surface area (Å²) in [5, 5.41) is 3.85. The Labute approximate surface area is 223 Å². The van der Waals surface area contributed by atoms with Crippen molar-refractivity contribution in [3.05, 3.63) is 82.6 Å². The number of carbonyl (C=O) groups excluding carboxylic acids is 1. The summed E-state index contributed by atoms with van der Waals surface area (Å²) in [7, 11) is 3.84. The molecule has 0 bridgehead atoms. The topological polar surface area (TPSA) is 47.9 Å². The average Bonchev–Trinajstić information content (AvgIpc) is 2.92. The third-order valence-corrected chi connectivity index (χ3v) is 6.65. The van der Waals surface area contributed by atoms with Crippen LogP contribution in [-0.2, 0) is 0 Å². The molecular formula is C30H43ClN4O. The van der Waals surface area contributed by atoms with E-state index in [0.717, 1.165) is 50.2 Å². The molecule has 1 atom stereocenters. The van der Waals surface area contributed by atoms with Crippen molar-refractivity contribution in [2.24, 2.45) is 4.99 Å². The number of halogens is 1. The van der Waals surface area contributed by atoms with Crippen molar-refractivity contribution in [3.8, 4) is 0 Å². The standard InChI is InChI=1S/C20H28ClN3O.C10H15N/c1-4-5-12-23(20(25)17-9-8-10-18(21)14-17)15-16(2)24-13-7-6-11-19(24)22-3;1-3-10(11-2)9-7-5-4-6-8-9/h8-10,14-15H,4-7,11-13H2,1-3H3;4-8,10-11H,3H2,1-2H3/b16-15+,22-19?;. The lowest BCUT2D eigenvalue weighted by molar-refractivity contribution is 0.0817. The molecule has 1 N–H and O–H groups in total. The minimum Gasteiger partial charge on any atom is -0.333 e. The monoisotopic (exact) mass is 510 g/mol. The molecule has 2 aromatic rings. The molecule has 2 aromatic carbocycles. The molecule has 1 heterocycles. The van der Waals surface area contributed by atoms with Gasteiger partial charge in [-0.2, -0.15) is 0 Å². The van der Waals surface area contributed by atoms with Crippen LogP contribution in [0.15, 0.2) is 71.5 Å². The van der Waals surface area contributed by atoms with Crippen molar-refractivity contribution in [1.29, 1.82) is 0 Å². The first-order chi connectivity index (χ1) is 17.4. The summed E-state index contributed by atoms with van der Waals surface area (Å²) in [6, 6.07) is 18.2. The van der Waals surface area contributed by atoms with E-state index in [1.807, 2.05) is 43.4 Å². The molecule has 0 spiro atoms. The van der Waals surface area contributed by atoms with Crippen LogP contribution in [0.2, 0.25) is 5.02 Å². The maximum Gasteiger partial charge on any atom is 0.257 e. The Morgan fingerprint density at radius 2 is 1.92 bits per heavy atom. The van der Waals surface area contributed by atoms with E-state index in [2.05, 4.69) is 60.2 Å². The molecule has 3 rings (SSSR count). The van der Waals surface area contributed by atoms with Crippen molar-refractivity contribution in [2.45, 2.75) is 65.3 Å². The zero-order chi connectivity index (χ0) is 26.3. The Hall–Kier alpha value is -2.63. The van der Waals surface area contributed by atoms with Gasteiger partial charge in [-0.05, 0) is 63.4 Å². The molecule has 0 saturated carbocycles. The molecule has 0 aromatic heterocycles. The zero-order valence-corrected chi connectivity index (χ0v) is 23.4. The van der Waals surface area contributed by atoms with Gasteiger partial charge in [0.2, 0.25) is 0 Å². The minimum atomic E-state index is -0.0118. The molecule has 1 saturated heterocycles. The molecule has 1 aliphatic rings. The molecule has 36 heavy (non-hydrogen) atoms. The SMILES string of the molecule is CCC(NC)c1ccccc1.CCCCN(/C=C(\C)N1CCCCC1=NC)C(=O)c1cccc(Cl)c1. The third-order valence-electron chi connectivity index (χ3n) is 6.41. The maximum atomic E-state index is 12.9. The van der Waals surface area contributed by atoms with Crippen LogP contribution in [0, 0.1) is 0 Å². The fraction of sp³-hybridized carbons (Fsp3) is 0.467. The number of carbonyl (C=O) groups is 1. The van der Waals surface area contributed by atoms with Crippen molar-refractivity contribution < 1.29 is 4.79 Å². The second kappa shape index (κ2) is 16.2. The lowest BCUT2D eigenvalue weighted by Gasteiger charge is -2.32. The van der Waals surface area contributed by atoms with Gasteiger partial charge in [0, 0.05) is 55.1 Å². The van der Waals surface area contributed by atoms with Crippen LogP contribution < -0.4 is 5.32 Å². The molecule has 0 aliphatic carbocycles. The smallest absolute Gasteiger partial charge is 0.257 e. The molecule has 1 unspecified atom stereocenters. The highest BCUT2D eigenvalue weighted by atomic mass is 35.5. The molecule has 1 fully saturated rings. The predicted octanol–water partition coefficient (Wildman–Crippen LogP) is 7.31. The average molecular weight is 511 g/mol. The quantitative estimate of drug-likeness (QED) is 0.384. The highest BCUT2D eigenvalue weighted by molar-refractivity contribution is 6.30. The molecule has 1 aliphatic heterocycles. The van der Waals surface area contributed by atoms with Gasteiger partial charge in [-0.25, -0.2) is 0 Å². The number of hydrogen-bond acceptors (Lipinski definition) is 3. The Bertz CT molecular complexity index is 985. The van der Waals surface area contributed by atoms with Gasteiger partial charge in [0.25, 0.3) is 5.91 Å². The summed E-state index contributed by atoms with van der Waals surface area (Å²) in [6.07, 6.45) is 8.44. The summed E-state index contributed by atoms with van der Waals surface area (Å²) in [5.74, 6) is 1.09. The molecule has 5 nitrogen and oxygen atoms in total.